The number of benzene rings is 6. The maximum Gasteiger partial charge on any atom is 0.150 e. The molecule has 0 spiro atoms. The highest BCUT2D eigenvalue weighted by atomic mass is 16.3. The fourth-order valence-corrected chi connectivity index (χ4v) is 8.42. The van der Waals surface area contributed by atoms with Crippen molar-refractivity contribution in [2.75, 3.05) is 10.6 Å². The van der Waals surface area contributed by atoms with E-state index in [0.29, 0.717) is 11.4 Å². The van der Waals surface area contributed by atoms with Gasteiger partial charge < -0.3 is 19.6 Å². The lowest BCUT2D eigenvalue weighted by atomic mass is 9.81. The van der Waals surface area contributed by atoms with E-state index in [9.17, 15) is 0 Å². The summed E-state index contributed by atoms with van der Waals surface area (Å²) < 4.78 is 8.95. The summed E-state index contributed by atoms with van der Waals surface area (Å²) in [6.07, 6.45) is 7.17. The molecule has 0 saturated heterocycles. The van der Waals surface area contributed by atoms with Crippen LogP contribution in [0.3, 0.4) is 0 Å². The number of fused-ring (bicyclic) bond motifs is 7. The molecule has 1 atom stereocenters. The number of allylic oxidation sites excluding steroid dienone is 3. The molecule has 4 nitrogen and oxygen atoms in total. The van der Waals surface area contributed by atoms with Gasteiger partial charge in [-0.3, -0.25) is 0 Å². The summed E-state index contributed by atoms with van der Waals surface area (Å²) in [6.45, 7) is 1.99. The van der Waals surface area contributed by atoms with E-state index in [-0.39, 0.29) is 6.04 Å². The third kappa shape index (κ3) is 4.46. The normalized spacial score (nSPS) is 15.7. The SMILES string of the molecule is C/C=C\c1oc2c(C3=C(c4ccc5c(c4)c4ccccc4n5-c4ccccc4)CC4C(=C3)c3ccccc3N4c3ccccc3)cccc2c1N. The van der Waals surface area contributed by atoms with Crippen LogP contribution >= 0.6 is 0 Å². The Hall–Kier alpha value is -6.52. The van der Waals surface area contributed by atoms with Crippen molar-refractivity contribution in [3.8, 4) is 5.69 Å². The first kappa shape index (κ1) is 29.4. The highest BCUT2D eigenvalue weighted by molar-refractivity contribution is 6.14. The van der Waals surface area contributed by atoms with Crippen LogP contribution in [0.1, 0.15) is 35.8 Å². The molecule has 2 aromatic heterocycles. The molecule has 1 unspecified atom stereocenters. The molecule has 1 aliphatic heterocycles. The lowest BCUT2D eigenvalue weighted by Crippen LogP contribution is -2.28. The van der Waals surface area contributed by atoms with Crippen LogP contribution in [0.5, 0.6) is 0 Å². The van der Waals surface area contributed by atoms with Crippen molar-refractivity contribution in [1.82, 2.24) is 4.57 Å². The summed E-state index contributed by atoms with van der Waals surface area (Å²) in [5.74, 6) is 0.694. The molecule has 2 N–H and O–H groups in total. The summed E-state index contributed by atoms with van der Waals surface area (Å²) in [5, 5.41) is 3.41. The van der Waals surface area contributed by atoms with Gasteiger partial charge in [0.25, 0.3) is 0 Å². The van der Waals surface area contributed by atoms with E-state index in [1.54, 1.807) is 0 Å². The molecule has 244 valence electrons. The van der Waals surface area contributed by atoms with Gasteiger partial charge in [-0.15, -0.1) is 0 Å². The van der Waals surface area contributed by atoms with Gasteiger partial charge in [-0.1, -0.05) is 97.1 Å². The second-order valence-corrected chi connectivity index (χ2v) is 13.4. The van der Waals surface area contributed by atoms with Gasteiger partial charge >= 0.3 is 0 Å². The third-order valence-electron chi connectivity index (χ3n) is 10.6. The van der Waals surface area contributed by atoms with Crippen LogP contribution in [0, 0.1) is 0 Å². The van der Waals surface area contributed by atoms with E-state index in [1.165, 1.54) is 61.0 Å². The number of furan rings is 1. The highest BCUT2D eigenvalue weighted by Crippen LogP contribution is 2.53. The fourth-order valence-electron chi connectivity index (χ4n) is 8.42. The maximum atomic E-state index is 6.68. The highest BCUT2D eigenvalue weighted by Gasteiger charge is 2.39. The van der Waals surface area contributed by atoms with E-state index < -0.39 is 0 Å². The van der Waals surface area contributed by atoms with Gasteiger partial charge in [0.05, 0.1) is 22.8 Å². The van der Waals surface area contributed by atoms with Gasteiger partial charge in [-0.05, 0) is 102 Å². The van der Waals surface area contributed by atoms with Crippen molar-refractivity contribution >= 4 is 72.6 Å². The summed E-state index contributed by atoms with van der Waals surface area (Å²) in [6, 6.07) is 52.5. The molecular weight excluding hydrogens is 623 g/mol. The summed E-state index contributed by atoms with van der Waals surface area (Å²) in [7, 11) is 0. The predicted octanol–water partition coefficient (Wildman–Crippen LogP) is 12.1. The lowest BCUT2D eigenvalue weighted by molar-refractivity contribution is 0.605. The van der Waals surface area contributed by atoms with Gasteiger partial charge in [0.15, 0.2) is 5.76 Å². The molecule has 0 amide bonds. The summed E-state index contributed by atoms with van der Waals surface area (Å²) in [5.41, 5.74) is 21.4. The zero-order valence-corrected chi connectivity index (χ0v) is 28.3. The second-order valence-electron chi connectivity index (χ2n) is 13.4. The van der Waals surface area contributed by atoms with Gasteiger partial charge in [-0.25, -0.2) is 0 Å². The molecule has 8 aromatic rings. The van der Waals surface area contributed by atoms with Crippen molar-refractivity contribution in [2.24, 2.45) is 0 Å². The van der Waals surface area contributed by atoms with Crippen LogP contribution < -0.4 is 10.6 Å². The molecule has 3 heterocycles. The molecule has 0 saturated carbocycles. The van der Waals surface area contributed by atoms with E-state index in [2.05, 4.69) is 161 Å². The molecule has 6 aromatic carbocycles. The van der Waals surface area contributed by atoms with Gasteiger partial charge in [0.1, 0.15) is 5.58 Å². The quantitative estimate of drug-likeness (QED) is 0.200. The third-order valence-corrected chi connectivity index (χ3v) is 10.6. The average molecular weight is 658 g/mol. The second kappa shape index (κ2) is 11.5. The van der Waals surface area contributed by atoms with Crippen LogP contribution in [-0.2, 0) is 0 Å². The molecule has 0 bridgehead atoms. The molecule has 51 heavy (non-hydrogen) atoms. The Bertz CT molecular complexity index is 2740. The van der Waals surface area contributed by atoms with Crippen molar-refractivity contribution in [2.45, 2.75) is 19.4 Å². The first-order valence-electron chi connectivity index (χ1n) is 17.6. The number of para-hydroxylation sites is 5. The van der Waals surface area contributed by atoms with Crippen molar-refractivity contribution < 1.29 is 4.42 Å². The minimum atomic E-state index is 0.129. The van der Waals surface area contributed by atoms with E-state index >= 15 is 0 Å². The molecular formula is C47H35N3O. The first-order valence-corrected chi connectivity index (χ1v) is 17.6. The van der Waals surface area contributed by atoms with Crippen LogP contribution in [0.2, 0.25) is 0 Å². The average Bonchev–Trinajstić information content (AvgIpc) is 3.81. The number of anilines is 3. The van der Waals surface area contributed by atoms with E-state index in [4.69, 9.17) is 10.2 Å². The number of nitrogens with zero attached hydrogens (tertiary/aromatic N) is 2. The lowest BCUT2D eigenvalue weighted by Gasteiger charge is -2.32. The number of aromatic nitrogens is 1. The molecule has 4 heteroatoms. The van der Waals surface area contributed by atoms with Crippen molar-refractivity contribution in [3.63, 3.8) is 0 Å². The minimum Gasteiger partial charge on any atom is -0.454 e. The zero-order valence-electron chi connectivity index (χ0n) is 28.3. The topological polar surface area (TPSA) is 47.3 Å². The predicted molar refractivity (Wildman–Crippen MR) is 214 cm³/mol. The smallest absolute Gasteiger partial charge is 0.150 e. The van der Waals surface area contributed by atoms with Crippen LogP contribution in [0.15, 0.2) is 162 Å². The molecule has 0 fully saturated rings. The van der Waals surface area contributed by atoms with Gasteiger partial charge in [0, 0.05) is 44.3 Å². The largest absolute Gasteiger partial charge is 0.454 e. The minimum absolute atomic E-state index is 0.129. The number of nitrogen functional groups attached to an aromatic ring is 1. The van der Waals surface area contributed by atoms with Crippen LogP contribution in [0.25, 0.3) is 61.3 Å². The van der Waals surface area contributed by atoms with Crippen LogP contribution in [-0.4, -0.2) is 10.6 Å². The number of hydrogen-bond donors (Lipinski definition) is 1. The monoisotopic (exact) mass is 657 g/mol. The maximum absolute atomic E-state index is 6.68. The Balaban J connectivity index is 1.25. The van der Waals surface area contributed by atoms with Crippen molar-refractivity contribution in [1.29, 1.82) is 0 Å². The Kier molecular flexibility index (Phi) is 6.65. The van der Waals surface area contributed by atoms with Gasteiger partial charge in [0.2, 0.25) is 0 Å². The zero-order chi connectivity index (χ0) is 34.1. The van der Waals surface area contributed by atoms with Gasteiger partial charge in [-0.2, -0.15) is 0 Å². The van der Waals surface area contributed by atoms with E-state index in [1.807, 2.05) is 19.1 Å². The number of nitrogens with two attached hydrogens (primary N) is 1. The molecule has 0 radical (unpaired) electrons. The Morgan fingerprint density at radius 1 is 0.667 bits per heavy atom. The standard InChI is InChI=1S/C47H35N3O/c1-2-14-45-46(48)36-22-13-21-35(47(36)51-45)38-28-40-34-20-10-12-24-42(34)50(32-17-7-4-8-18-32)44(40)29-37(38)30-25-26-43-39(27-30)33-19-9-11-23-41(33)49(43)31-15-5-3-6-16-31/h2-28,44H,29,48H2,1H3/b14-2-. The Morgan fingerprint density at radius 2 is 1.35 bits per heavy atom. The Morgan fingerprint density at radius 3 is 2.18 bits per heavy atom. The number of hydrogen-bond acceptors (Lipinski definition) is 3. The van der Waals surface area contributed by atoms with E-state index in [0.717, 1.165) is 28.6 Å². The molecule has 10 rings (SSSR count). The first-order chi connectivity index (χ1) is 25.2. The summed E-state index contributed by atoms with van der Waals surface area (Å²) >= 11 is 0. The molecule has 1 aliphatic carbocycles. The fraction of sp³-hybridized carbons (Fsp3) is 0.0638. The van der Waals surface area contributed by atoms with Crippen molar-refractivity contribution in [3.05, 3.63) is 180 Å². The van der Waals surface area contributed by atoms with Crippen LogP contribution in [0.4, 0.5) is 17.1 Å². The molecule has 2 aliphatic rings. The number of rotatable bonds is 5. The Labute approximate surface area is 296 Å². The summed E-state index contributed by atoms with van der Waals surface area (Å²) in [4.78, 5) is 2.52.